The number of carbonyl (C=O) groups is 2. The van der Waals surface area contributed by atoms with Gasteiger partial charge in [0.05, 0.1) is 0 Å². The molecule has 1 aromatic rings. The molecule has 2 fully saturated rings. The monoisotopic (exact) mass is 358 g/mol. The lowest BCUT2D eigenvalue weighted by molar-refractivity contribution is -0.135. The molecule has 6 heteroatoms. The van der Waals surface area contributed by atoms with Gasteiger partial charge in [-0.1, -0.05) is 36.2 Å². The van der Waals surface area contributed by atoms with Gasteiger partial charge in [0.2, 0.25) is 5.91 Å². The van der Waals surface area contributed by atoms with Crippen LogP contribution in [0.25, 0.3) is 0 Å². The Hall–Kier alpha value is -2.08. The fraction of sp³-hybridized carbons (Fsp3) is 0.600. The van der Waals surface area contributed by atoms with Crippen molar-refractivity contribution < 1.29 is 9.59 Å². The third-order valence-corrected chi connectivity index (χ3v) is 5.51. The van der Waals surface area contributed by atoms with Gasteiger partial charge < -0.3 is 20.0 Å². The van der Waals surface area contributed by atoms with Crippen molar-refractivity contribution >= 4 is 11.9 Å². The van der Waals surface area contributed by atoms with Crippen LogP contribution in [0.4, 0.5) is 4.79 Å². The minimum atomic E-state index is -0.118. The number of hydrogen-bond acceptors (Lipinski definition) is 3. The Labute approximate surface area is 156 Å². The van der Waals surface area contributed by atoms with Gasteiger partial charge in [-0.15, -0.1) is 0 Å². The molecule has 1 atom stereocenters. The van der Waals surface area contributed by atoms with Gasteiger partial charge in [0, 0.05) is 32.2 Å². The molecule has 3 amide bonds. The third kappa shape index (κ3) is 4.75. The summed E-state index contributed by atoms with van der Waals surface area (Å²) in [5.74, 6) is 0.0155. The number of likely N-dealkylation sites (N-methyl/N-ethyl adjacent to an activating group) is 1. The van der Waals surface area contributed by atoms with Crippen LogP contribution in [-0.4, -0.2) is 72.5 Å². The standard InChI is InChI=1S/C20H30N4O2/c1-16-6-8-17(9-7-16)14-23-11-12-24(15-19(23)25)20(26)21-13-18-5-3-4-10-22(18)2/h6-9,18H,3-5,10-15H2,1-2H3,(H,21,26). The zero-order valence-electron chi connectivity index (χ0n) is 15.9. The van der Waals surface area contributed by atoms with Crippen LogP contribution in [0.2, 0.25) is 0 Å². The minimum Gasteiger partial charge on any atom is -0.336 e. The molecule has 2 aliphatic rings. The molecule has 26 heavy (non-hydrogen) atoms. The molecule has 1 aromatic carbocycles. The molecule has 1 unspecified atom stereocenters. The second-order valence-electron chi connectivity index (χ2n) is 7.54. The summed E-state index contributed by atoms with van der Waals surface area (Å²) in [4.78, 5) is 30.6. The van der Waals surface area contributed by atoms with Crippen LogP contribution in [0.1, 0.15) is 30.4 Å². The van der Waals surface area contributed by atoms with Crippen molar-refractivity contribution in [2.24, 2.45) is 0 Å². The average Bonchev–Trinajstić information content (AvgIpc) is 2.64. The maximum Gasteiger partial charge on any atom is 0.317 e. The van der Waals surface area contributed by atoms with Crippen molar-refractivity contribution in [2.75, 3.05) is 39.8 Å². The number of nitrogens with one attached hydrogen (secondary N) is 1. The first-order valence-corrected chi connectivity index (χ1v) is 9.59. The average molecular weight is 358 g/mol. The van der Waals surface area contributed by atoms with Gasteiger partial charge in [0.25, 0.3) is 0 Å². The lowest BCUT2D eigenvalue weighted by Gasteiger charge is -2.36. The largest absolute Gasteiger partial charge is 0.336 e. The van der Waals surface area contributed by atoms with Crippen molar-refractivity contribution in [3.05, 3.63) is 35.4 Å². The summed E-state index contributed by atoms with van der Waals surface area (Å²) >= 11 is 0. The molecule has 1 N–H and O–H groups in total. The van der Waals surface area contributed by atoms with Gasteiger partial charge in [0.15, 0.2) is 0 Å². The Kier molecular flexibility index (Phi) is 6.14. The van der Waals surface area contributed by atoms with Crippen molar-refractivity contribution in [1.82, 2.24) is 20.0 Å². The number of amides is 3. The van der Waals surface area contributed by atoms with Gasteiger partial charge in [-0.05, 0) is 38.9 Å². The molecular formula is C20H30N4O2. The summed E-state index contributed by atoms with van der Waals surface area (Å²) in [5, 5.41) is 3.02. The van der Waals surface area contributed by atoms with E-state index in [1.165, 1.54) is 18.4 Å². The summed E-state index contributed by atoms with van der Waals surface area (Å²) in [5.41, 5.74) is 2.34. The molecule has 0 aliphatic carbocycles. The van der Waals surface area contributed by atoms with Crippen LogP contribution in [0.5, 0.6) is 0 Å². The van der Waals surface area contributed by atoms with E-state index in [0.29, 0.717) is 32.2 Å². The SMILES string of the molecule is Cc1ccc(CN2CCN(C(=O)NCC3CCCCN3C)CC2=O)cc1. The van der Waals surface area contributed by atoms with E-state index in [2.05, 4.69) is 48.5 Å². The number of aryl methyl sites for hydroxylation is 1. The zero-order valence-corrected chi connectivity index (χ0v) is 15.9. The van der Waals surface area contributed by atoms with Crippen molar-refractivity contribution in [2.45, 2.75) is 38.8 Å². The van der Waals surface area contributed by atoms with Crippen molar-refractivity contribution in [3.63, 3.8) is 0 Å². The zero-order chi connectivity index (χ0) is 18.5. The molecule has 2 heterocycles. The first kappa shape index (κ1) is 18.7. The Bertz CT molecular complexity index is 631. The predicted octanol–water partition coefficient (Wildman–Crippen LogP) is 1.83. The maximum absolute atomic E-state index is 12.4. The van der Waals surface area contributed by atoms with E-state index < -0.39 is 0 Å². The van der Waals surface area contributed by atoms with Crippen molar-refractivity contribution in [1.29, 1.82) is 0 Å². The molecule has 0 spiro atoms. The topological polar surface area (TPSA) is 55.9 Å². The Balaban J connectivity index is 1.46. The third-order valence-electron chi connectivity index (χ3n) is 5.51. The minimum absolute atomic E-state index is 0.0155. The van der Waals surface area contributed by atoms with E-state index in [-0.39, 0.29) is 18.5 Å². The Morgan fingerprint density at radius 2 is 1.92 bits per heavy atom. The molecule has 3 rings (SSSR count). The van der Waals surface area contributed by atoms with E-state index in [0.717, 1.165) is 18.5 Å². The van der Waals surface area contributed by atoms with E-state index in [9.17, 15) is 9.59 Å². The number of hydrogen-bond donors (Lipinski definition) is 1. The first-order valence-electron chi connectivity index (χ1n) is 9.59. The van der Waals surface area contributed by atoms with E-state index in [1.54, 1.807) is 4.90 Å². The van der Waals surface area contributed by atoms with Gasteiger partial charge in [0.1, 0.15) is 6.54 Å². The smallest absolute Gasteiger partial charge is 0.317 e. The molecule has 6 nitrogen and oxygen atoms in total. The number of carbonyl (C=O) groups excluding carboxylic acids is 2. The van der Waals surface area contributed by atoms with Crippen LogP contribution < -0.4 is 5.32 Å². The summed E-state index contributed by atoms with van der Waals surface area (Å²) < 4.78 is 0. The number of rotatable bonds is 4. The van der Waals surface area contributed by atoms with Crippen LogP contribution in [0.15, 0.2) is 24.3 Å². The number of urea groups is 1. The second-order valence-corrected chi connectivity index (χ2v) is 7.54. The quantitative estimate of drug-likeness (QED) is 0.893. The van der Waals surface area contributed by atoms with Crippen LogP contribution in [0, 0.1) is 6.92 Å². The van der Waals surface area contributed by atoms with Crippen LogP contribution in [0.3, 0.4) is 0 Å². The van der Waals surface area contributed by atoms with Crippen molar-refractivity contribution in [3.8, 4) is 0 Å². The summed E-state index contributed by atoms with van der Waals surface area (Å²) in [6.45, 7) is 5.76. The lowest BCUT2D eigenvalue weighted by atomic mass is 10.0. The normalized spacial score (nSPS) is 21.8. The summed E-state index contributed by atoms with van der Waals surface area (Å²) in [6, 6.07) is 8.53. The molecule has 2 saturated heterocycles. The number of piperidine rings is 1. The van der Waals surface area contributed by atoms with E-state index in [4.69, 9.17) is 0 Å². The summed E-state index contributed by atoms with van der Waals surface area (Å²) in [7, 11) is 2.11. The second kappa shape index (κ2) is 8.54. The number of benzene rings is 1. The fourth-order valence-electron chi connectivity index (χ4n) is 3.68. The van der Waals surface area contributed by atoms with Crippen LogP contribution >= 0.6 is 0 Å². The molecule has 142 valence electrons. The van der Waals surface area contributed by atoms with Gasteiger partial charge in [-0.2, -0.15) is 0 Å². The Morgan fingerprint density at radius 3 is 2.62 bits per heavy atom. The highest BCUT2D eigenvalue weighted by Gasteiger charge is 2.28. The molecular weight excluding hydrogens is 328 g/mol. The Morgan fingerprint density at radius 1 is 1.15 bits per heavy atom. The molecule has 2 aliphatic heterocycles. The molecule has 0 radical (unpaired) electrons. The fourth-order valence-corrected chi connectivity index (χ4v) is 3.68. The van der Waals surface area contributed by atoms with Gasteiger partial charge in [-0.25, -0.2) is 4.79 Å². The lowest BCUT2D eigenvalue weighted by Crippen LogP contribution is -2.55. The highest BCUT2D eigenvalue weighted by atomic mass is 16.2. The number of piperazine rings is 1. The molecule has 0 saturated carbocycles. The van der Waals surface area contributed by atoms with Crippen LogP contribution in [-0.2, 0) is 11.3 Å². The maximum atomic E-state index is 12.4. The molecule has 0 aromatic heterocycles. The predicted molar refractivity (Wildman–Crippen MR) is 102 cm³/mol. The first-order chi connectivity index (χ1) is 12.5. The number of likely N-dealkylation sites (tertiary alicyclic amines) is 1. The molecule has 0 bridgehead atoms. The highest BCUT2D eigenvalue weighted by molar-refractivity contribution is 5.85. The van der Waals surface area contributed by atoms with E-state index in [1.807, 2.05) is 4.90 Å². The number of nitrogens with zero attached hydrogens (tertiary/aromatic N) is 3. The van der Waals surface area contributed by atoms with E-state index >= 15 is 0 Å². The summed E-state index contributed by atoms with van der Waals surface area (Å²) in [6.07, 6.45) is 3.58. The van der Waals surface area contributed by atoms with Gasteiger partial charge in [-0.3, -0.25) is 4.79 Å². The van der Waals surface area contributed by atoms with Gasteiger partial charge >= 0.3 is 6.03 Å². The highest BCUT2D eigenvalue weighted by Crippen LogP contribution is 2.14.